The van der Waals surface area contributed by atoms with Gasteiger partial charge < -0.3 is 5.32 Å². The second kappa shape index (κ2) is 5.62. The highest BCUT2D eigenvalue weighted by atomic mass is 28.3. The summed E-state index contributed by atoms with van der Waals surface area (Å²) in [5, 5.41) is 5.26. The largest absolute Gasteiger partial charge is 0.312 e. The lowest BCUT2D eigenvalue weighted by Gasteiger charge is -2.24. The molecule has 2 fully saturated rings. The van der Waals surface area contributed by atoms with Crippen molar-refractivity contribution in [2.24, 2.45) is 5.92 Å². The lowest BCUT2D eigenvalue weighted by molar-refractivity contribution is 0.312. The van der Waals surface area contributed by atoms with Crippen LogP contribution < -0.4 is 10.5 Å². The van der Waals surface area contributed by atoms with E-state index in [1.54, 1.807) is 5.19 Å². The summed E-state index contributed by atoms with van der Waals surface area (Å²) in [5.41, 5.74) is 1.48. The predicted molar refractivity (Wildman–Crippen MR) is 89.2 cm³/mol. The minimum Gasteiger partial charge on any atom is -0.312 e. The molecule has 1 N–H and O–H groups in total. The zero-order valence-corrected chi connectivity index (χ0v) is 14.2. The molecule has 0 spiro atoms. The monoisotopic (exact) mass is 288 g/mol. The Kier molecular flexibility index (Phi) is 4.02. The van der Waals surface area contributed by atoms with Gasteiger partial charge in [-0.15, -0.1) is 0 Å². The molecule has 0 bridgehead atoms. The van der Waals surface area contributed by atoms with Crippen molar-refractivity contribution in [3.63, 3.8) is 0 Å². The van der Waals surface area contributed by atoms with Crippen LogP contribution in [0.1, 0.15) is 18.4 Å². The van der Waals surface area contributed by atoms with E-state index in [2.05, 4.69) is 54.1 Å². The number of rotatable bonds is 3. The predicted octanol–water partition coefficient (Wildman–Crippen LogP) is 2.42. The maximum Gasteiger partial charge on any atom is 0.0775 e. The number of likely N-dealkylation sites (tertiary alicyclic amines) is 1. The van der Waals surface area contributed by atoms with Crippen LogP contribution in [0, 0.1) is 5.92 Å². The number of hydrogen-bond donors (Lipinski definition) is 1. The topological polar surface area (TPSA) is 15.3 Å². The van der Waals surface area contributed by atoms with Gasteiger partial charge in [-0.3, -0.25) is 4.90 Å². The van der Waals surface area contributed by atoms with E-state index in [0.717, 1.165) is 18.5 Å². The van der Waals surface area contributed by atoms with Gasteiger partial charge >= 0.3 is 0 Å². The van der Waals surface area contributed by atoms with Gasteiger partial charge in [-0.1, -0.05) is 49.1 Å². The highest BCUT2D eigenvalue weighted by Gasteiger charge is 2.33. The maximum absolute atomic E-state index is 3.69. The first-order valence-electron chi connectivity index (χ1n) is 8.07. The molecule has 2 aliphatic rings. The number of nitrogens with one attached hydrogen (secondary N) is 1. The molecule has 2 aliphatic heterocycles. The van der Waals surface area contributed by atoms with Crippen molar-refractivity contribution in [1.82, 2.24) is 10.2 Å². The molecule has 1 aromatic carbocycles. The zero-order chi connectivity index (χ0) is 14.2. The van der Waals surface area contributed by atoms with E-state index in [0.29, 0.717) is 0 Å². The average Bonchev–Trinajstić information content (AvgIpc) is 2.80. The Morgan fingerprint density at radius 2 is 1.90 bits per heavy atom. The summed E-state index contributed by atoms with van der Waals surface area (Å²) < 4.78 is 0. The Morgan fingerprint density at radius 1 is 1.15 bits per heavy atom. The Balaban J connectivity index is 1.61. The van der Waals surface area contributed by atoms with E-state index < -0.39 is 8.07 Å². The molecule has 0 saturated carbocycles. The molecular weight excluding hydrogens is 260 g/mol. The van der Waals surface area contributed by atoms with Crippen molar-refractivity contribution in [2.75, 3.05) is 19.6 Å². The second-order valence-electron chi connectivity index (χ2n) is 7.60. The van der Waals surface area contributed by atoms with Gasteiger partial charge in [-0.05, 0) is 30.9 Å². The fourth-order valence-electron chi connectivity index (χ4n) is 3.63. The van der Waals surface area contributed by atoms with E-state index in [4.69, 9.17) is 0 Å². The second-order valence-corrected chi connectivity index (χ2v) is 12.7. The summed E-state index contributed by atoms with van der Waals surface area (Å²) in [6.45, 7) is 12.1. The molecule has 0 aliphatic carbocycles. The molecule has 110 valence electrons. The third-order valence-corrected chi connectivity index (χ3v) is 6.97. The first-order valence-corrected chi connectivity index (χ1v) is 11.6. The van der Waals surface area contributed by atoms with Crippen LogP contribution in [0.25, 0.3) is 0 Å². The van der Waals surface area contributed by atoms with Crippen molar-refractivity contribution in [3.05, 3.63) is 29.8 Å². The fraction of sp³-hybridized carbons (Fsp3) is 0.647. The van der Waals surface area contributed by atoms with Gasteiger partial charge in [0.1, 0.15) is 0 Å². The van der Waals surface area contributed by atoms with Crippen LogP contribution in [0.15, 0.2) is 24.3 Å². The van der Waals surface area contributed by atoms with Gasteiger partial charge in [-0.25, -0.2) is 0 Å². The highest BCUT2D eigenvalue weighted by Crippen LogP contribution is 2.25. The van der Waals surface area contributed by atoms with Crippen molar-refractivity contribution >= 4 is 13.3 Å². The standard InChI is InChI=1S/C17H28N2Si/c1-20(2,3)16-8-6-14(7-9-16)11-19-12-15-5-4-10-18-17(15)13-19/h6-9,15,17-18H,4-5,10-13H2,1-3H3/t15-,17+/m0/s1. The quantitative estimate of drug-likeness (QED) is 0.859. The SMILES string of the molecule is C[Si](C)(C)c1ccc(CN2C[C@@H]3CCCN[C@@H]3C2)cc1. The molecule has 3 rings (SSSR count). The Morgan fingerprint density at radius 3 is 2.55 bits per heavy atom. The summed E-state index contributed by atoms with van der Waals surface area (Å²) in [6, 6.07) is 10.2. The van der Waals surface area contributed by atoms with Crippen LogP contribution in [0.3, 0.4) is 0 Å². The van der Waals surface area contributed by atoms with Gasteiger partial charge in [0.15, 0.2) is 0 Å². The molecule has 0 unspecified atom stereocenters. The van der Waals surface area contributed by atoms with Crippen molar-refractivity contribution in [3.8, 4) is 0 Å². The average molecular weight is 289 g/mol. The Bertz CT molecular complexity index is 435. The summed E-state index contributed by atoms with van der Waals surface area (Å²) in [7, 11) is -1.15. The summed E-state index contributed by atoms with van der Waals surface area (Å²) in [4.78, 5) is 2.64. The smallest absolute Gasteiger partial charge is 0.0775 e. The van der Waals surface area contributed by atoms with Crippen LogP contribution >= 0.6 is 0 Å². The van der Waals surface area contributed by atoms with Crippen molar-refractivity contribution in [1.29, 1.82) is 0 Å². The van der Waals surface area contributed by atoms with E-state index in [1.807, 2.05) is 0 Å². The normalized spacial score (nSPS) is 27.6. The zero-order valence-electron chi connectivity index (χ0n) is 13.2. The van der Waals surface area contributed by atoms with Gasteiger partial charge in [0, 0.05) is 25.7 Å². The molecule has 3 heteroatoms. The minimum atomic E-state index is -1.15. The molecule has 0 aromatic heterocycles. The lowest BCUT2D eigenvalue weighted by atomic mass is 9.94. The van der Waals surface area contributed by atoms with Gasteiger partial charge in [-0.2, -0.15) is 0 Å². The van der Waals surface area contributed by atoms with E-state index in [-0.39, 0.29) is 0 Å². The van der Waals surface area contributed by atoms with Crippen LogP contribution in [0.2, 0.25) is 19.6 Å². The van der Waals surface area contributed by atoms with Crippen LogP contribution in [0.4, 0.5) is 0 Å². The van der Waals surface area contributed by atoms with Crippen LogP contribution in [0.5, 0.6) is 0 Å². The molecule has 20 heavy (non-hydrogen) atoms. The highest BCUT2D eigenvalue weighted by molar-refractivity contribution is 6.88. The Labute approximate surface area is 124 Å². The third kappa shape index (κ3) is 3.16. The summed E-state index contributed by atoms with van der Waals surface area (Å²) in [6.07, 6.45) is 2.78. The first kappa shape index (κ1) is 14.3. The third-order valence-electron chi connectivity index (χ3n) is 4.90. The Hall–Kier alpha value is -0.643. The number of nitrogens with zero attached hydrogens (tertiary/aromatic N) is 1. The van der Waals surface area contributed by atoms with Crippen molar-refractivity contribution < 1.29 is 0 Å². The summed E-state index contributed by atoms with van der Waals surface area (Å²) in [5.74, 6) is 0.894. The van der Waals surface area contributed by atoms with Crippen LogP contribution in [-0.2, 0) is 6.54 Å². The first-order chi connectivity index (χ1) is 9.52. The van der Waals surface area contributed by atoms with Gasteiger partial charge in [0.05, 0.1) is 8.07 Å². The molecule has 2 saturated heterocycles. The van der Waals surface area contributed by atoms with Gasteiger partial charge in [0.2, 0.25) is 0 Å². The molecule has 1 aromatic rings. The molecule has 0 radical (unpaired) electrons. The number of piperidine rings is 1. The van der Waals surface area contributed by atoms with Crippen molar-refractivity contribution in [2.45, 2.75) is 45.1 Å². The van der Waals surface area contributed by atoms with E-state index in [1.165, 1.54) is 38.0 Å². The number of hydrogen-bond acceptors (Lipinski definition) is 2. The number of fused-ring (bicyclic) bond motifs is 1. The maximum atomic E-state index is 3.69. The van der Waals surface area contributed by atoms with Crippen LogP contribution in [-0.4, -0.2) is 38.6 Å². The molecular formula is C17H28N2Si. The van der Waals surface area contributed by atoms with E-state index in [9.17, 15) is 0 Å². The molecule has 2 atom stereocenters. The number of benzene rings is 1. The fourth-order valence-corrected chi connectivity index (χ4v) is 4.80. The molecule has 2 heterocycles. The molecule has 2 nitrogen and oxygen atoms in total. The lowest BCUT2D eigenvalue weighted by Crippen LogP contribution is -2.40. The molecule has 0 amide bonds. The minimum absolute atomic E-state index is 0.755. The summed E-state index contributed by atoms with van der Waals surface area (Å²) >= 11 is 0. The van der Waals surface area contributed by atoms with Gasteiger partial charge in [0.25, 0.3) is 0 Å². The van der Waals surface area contributed by atoms with E-state index >= 15 is 0 Å².